The molecule has 0 radical (unpaired) electrons. The molecule has 11 heteroatoms. The Balaban J connectivity index is 1.62. The SMILES string of the molecule is CC(=O)CCC(=O)O[C@H](COC(=O)c1ccccc1)[C@@H]1O[C@@H](O)C(OC(=O)c2ccccc2)[C@@H]1OC(=O)c1ccccc1. The molecule has 0 bridgehead atoms. The fourth-order valence-corrected chi connectivity index (χ4v) is 4.27. The summed E-state index contributed by atoms with van der Waals surface area (Å²) in [6, 6.07) is 23.9. The van der Waals surface area contributed by atoms with Gasteiger partial charge < -0.3 is 33.6 Å². The quantitative estimate of drug-likeness (QED) is 0.244. The molecular formula is C32H30O11. The average Bonchev–Trinajstić information content (AvgIpc) is 3.32. The van der Waals surface area contributed by atoms with Crippen molar-refractivity contribution >= 4 is 29.7 Å². The van der Waals surface area contributed by atoms with Crippen LogP contribution in [0.1, 0.15) is 50.8 Å². The third-order valence-electron chi connectivity index (χ3n) is 6.45. The third kappa shape index (κ3) is 8.57. The van der Waals surface area contributed by atoms with Crippen LogP contribution >= 0.6 is 0 Å². The second-order valence-electron chi connectivity index (χ2n) is 9.66. The van der Waals surface area contributed by atoms with Gasteiger partial charge in [-0.3, -0.25) is 4.79 Å². The molecule has 4 rings (SSSR count). The molecular weight excluding hydrogens is 560 g/mol. The van der Waals surface area contributed by atoms with E-state index >= 15 is 0 Å². The van der Waals surface area contributed by atoms with E-state index in [2.05, 4.69) is 0 Å². The van der Waals surface area contributed by atoms with Gasteiger partial charge in [-0.05, 0) is 43.3 Å². The van der Waals surface area contributed by atoms with Crippen molar-refractivity contribution in [3.63, 3.8) is 0 Å². The Bertz CT molecular complexity index is 1410. The molecule has 1 N–H and O–H groups in total. The minimum atomic E-state index is -1.81. The van der Waals surface area contributed by atoms with Gasteiger partial charge in [0.25, 0.3) is 0 Å². The predicted molar refractivity (Wildman–Crippen MR) is 149 cm³/mol. The van der Waals surface area contributed by atoms with E-state index in [1.807, 2.05) is 0 Å². The lowest BCUT2D eigenvalue weighted by Crippen LogP contribution is -2.47. The van der Waals surface area contributed by atoms with Crippen molar-refractivity contribution in [2.24, 2.45) is 0 Å². The largest absolute Gasteiger partial charge is 0.458 e. The number of carbonyl (C=O) groups is 5. The molecule has 11 nitrogen and oxygen atoms in total. The monoisotopic (exact) mass is 590 g/mol. The highest BCUT2D eigenvalue weighted by Crippen LogP contribution is 2.31. The summed E-state index contributed by atoms with van der Waals surface area (Å²) in [5.41, 5.74) is 0.537. The van der Waals surface area contributed by atoms with E-state index in [9.17, 15) is 29.1 Å². The average molecular weight is 591 g/mol. The summed E-state index contributed by atoms with van der Waals surface area (Å²) < 4.78 is 27.8. The zero-order valence-corrected chi connectivity index (χ0v) is 23.2. The molecule has 0 amide bonds. The molecule has 1 aliphatic heterocycles. The summed E-state index contributed by atoms with van der Waals surface area (Å²) in [5, 5.41) is 10.8. The molecule has 1 saturated heterocycles. The van der Waals surface area contributed by atoms with E-state index in [1.54, 1.807) is 54.6 Å². The zero-order chi connectivity index (χ0) is 30.8. The number of rotatable bonds is 12. The molecule has 5 atom stereocenters. The number of ether oxygens (including phenoxy) is 5. The molecule has 224 valence electrons. The first-order valence-corrected chi connectivity index (χ1v) is 13.5. The second-order valence-corrected chi connectivity index (χ2v) is 9.66. The minimum absolute atomic E-state index is 0.104. The van der Waals surface area contributed by atoms with Crippen LogP contribution in [0, 0.1) is 0 Å². The minimum Gasteiger partial charge on any atom is -0.458 e. The first kappa shape index (κ1) is 31.1. The fourth-order valence-electron chi connectivity index (χ4n) is 4.27. The van der Waals surface area contributed by atoms with Gasteiger partial charge >= 0.3 is 23.9 Å². The molecule has 1 unspecified atom stereocenters. The second kappa shape index (κ2) is 14.9. The van der Waals surface area contributed by atoms with E-state index in [4.69, 9.17) is 23.7 Å². The van der Waals surface area contributed by atoms with Crippen LogP contribution in [0.3, 0.4) is 0 Å². The van der Waals surface area contributed by atoms with Crippen LogP contribution in [-0.4, -0.2) is 72.1 Å². The molecule has 1 heterocycles. The molecule has 3 aromatic rings. The highest BCUT2D eigenvalue weighted by Gasteiger charge is 2.53. The molecule has 0 aliphatic carbocycles. The van der Waals surface area contributed by atoms with E-state index in [-0.39, 0.29) is 35.3 Å². The Morgan fingerprint density at radius 2 is 1.16 bits per heavy atom. The lowest BCUT2D eigenvalue weighted by molar-refractivity contribution is -0.177. The molecule has 43 heavy (non-hydrogen) atoms. The van der Waals surface area contributed by atoms with Crippen molar-refractivity contribution in [2.45, 2.75) is 50.5 Å². The van der Waals surface area contributed by atoms with Crippen molar-refractivity contribution in [1.82, 2.24) is 0 Å². The summed E-state index contributed by atoms with van der Waals surface area (Å²) in [4.78, 5) is 62.8. The van der Waals surface area contributed by atoms with Gasteiger partial charge in [0.05, 0.1) is 23.1 Å². The topological polar surface area (TPSA) is 152 Å². The number of esters is 4. The molecule has 3 aromatic carbocycles. The van der Waals surface area contributed by atoms with Crippen molar-refractivity contribution in [3.8, 4) is 0 Å². The van der Waals surface area contributed by atoms with Gasteiger partial charge in [-0.2, -0.15) is 0 Å². The number of ketones is 1. The van der Waals surface area contributed by atoms with Gasteiger partial charge in [0.2, 0.25) is 0 Å². The molecule has 0 spiro atoms. The highest BCUT2D eigenvalue weighted by atomic mass is 16.7. The summed E-state index contributed by atoms with van der Waals surface area (Å²) >= 11 is 0. The van der Waals surface area contributed by atoms with Crippen LogP contribution in [0.2, 0.25) is 0 Å². The maximum absolute atomic E-state index is 13.1. The summed E-state index contributed by atoms with van der Waals surface area (Å²) in [5.74, 6) is -3.49. The van der Waals surface area contributed by atoms with Gasteiger partial charge in [-0.1, -0.05) is 54.6 Å². The summed E-state index contributed by atoms with van der Waals surface area (Å²) in [6.07, 6.45) is -8.13. The smallest absolute Gasteiger partial charge is 0.338 e. The normalized spacial score (nSPS) is 20.0. The van der Waals surface area contributed by atoms with Crippen LogP contribution in [0.5, 0.6) is 0 Å². The van der Waals surface area contributed by atoms with Gasteiger partial charge in [0, 0.05) is 6.42 Å². The number of aliphatic hydroxyl groups is 1. The van der Waals surface area contributed by atoms with Crippen LogP contribution in [-0.2, 0) is 33.3 Å². The lowest BCUT2D eigenvalue weighted by atomic mass is 10.0. The summed E-state index contributed by atoms with van der Waals surface area (Å²) in [7, 11) is 0. The fraction of sp³-hybridized carbons (Fsp3) is 0.281. The van der Waals surface area contributed by atoms with Gasteiger partial charge in [0.1, 0.15) is 18.5 Å². The first-order valence-electron chi connectivity index (χ1n) is 13.5. The highest BCUT2D eigenvalue weighted by molar-refractivity contribution is 5.91. The Hall–Kier alpha value is -4.87. The van der Waals surface area contributed by atoms with Crippen molar-refractivity contribution < 1.29 is 52.8 Å². The van der Waals surface area contributed by atoms with E-state index in [0.29, 0.717) is 0 Å². The number of hydrogen-bond acceptors (Lipinski definition) is 11. The van der Waals surface area contributed by atoms with Crippen molar-refractivity contribution in [3.05, 3.63) is 108 Å². The number of carbonyl (C=O) groups excluding carboxylic acids is 5. The Labute approximate surface area is 247 Å². The van der Waals surface area contributed by atoms with Crippen molar-refractivity contribution in [2.75, 3.05) is 6.61 Å². The Morgan fingerprint density at radius 3 is 1.65 bits per heavy atom. The Kier molecular flexibility index (Phi) is 10.7. The number of aliphatic hydroxyl groups excluding tert-OH is 1. The van der Waals surface area contributed by atoms with E-state index in [1.165, 1.54) is 43.3 Å². The van der Waals surface area contributed by atoms with Crippen LogP contribution in [0.15, 0.2) is 91.0 Å². The maximum Gasteiger partial charge on any atom is 0.338 e. The molecule has 1 fully saturated rings. The number of benzene rings is 3. The van der Waals surface area contributed by atoms with Crippen LogP contribution in [0.4, 0.5) is 0 Å². The van der Waals surface area contributed by atoms with Gasteiger partial charge in [-0.25, -0.2) is 14.4 Å². The Morgan fingerprint density at radius 1 is 0.698 bits per heavy atom. The molecule has 0 saturated carbocycles. The standard InChI is InChI=1S/C32H30O11/c1-20(33)17-18-25(34)40-24(19-39-29(35)21-11-5-2-6-12-21)26-27(42-30(36)22-13-7-3-8-14-22)28(32(38)41-26)43-31(37)23-15-9-4-10-16-23/h2-16,24,26-28,32,38H,17-19H2,1H3/t24-,26+,27-,28?,32-/m1/s1. The third-order valence-corrected chi connectivity index (χ3v) is 6.45. The van der Waals surface area contributed by atoms with Gasteiger partial charge in [0.15, 0.2) is 24.6 Å². The maximum atomic E-state index is 13.1. The van der Waals surface area contributed by atoms with Crippen molar-refractivity contribution in [1.29, 1.82) is 0 Å². The van der Waals surface area contributed by atoms with Crippen LogP contribution in [0.25, 0.3) is 0 Å². The predicted octanol–water partition coefficient (Wildman–Crippen LogP) is 3.29. The zero-order valence-electron chi connectivity index (χ0n) is 23.2. The molecule has 1 aliphatic rings. The molecule has 0 aromatic heterocycles. The summed E-state index contributed by atoms with van der Waals surface area (Å²) in [6.45, 7) is 0.739. The first-order chi connectivity index (χ1) is 20.7. The number of hydrogen-bond donors (Lipinski definition) is 1. The lowest BCUT2D eigenvalue weighted by Gasteiger charge is -2.28. The van der Waals surface area contributed by atoms with Gasteiger partial charge in [-0.15, -0.1) is 0 Å². The van der Waals surface area contributed by atoms with Crippen LogP contribution < -0.4 is 0 Å². The number of Topliss-reactive ketones (excluding diaryl/α,β-unsaturated/α-hetero) is 1. The van der Waals surface area contributed by atoms with E-state index < -0.39 is 61.2 Å². The van der Waals surface area contributed by atoms with E-state index in [0.717, 1.165) is 0 Å².